The van der Waals surface area contributed by atoms with Crippen LogP contribution in [0, 0.1) is 0 Å². The first kappa shape index (κ1) is 17.9. The maximum atomic E-state index is 2.34. The smallest absolute Gasteiger partial charge is 0.00220 e. The average Bonchev–Trinajstić information content (AvgIpc) is 2.20. The lowest BCUT2D eigenvalue weighted by atomic mass is 10.3. The first-order chi connectivity index (χ1) is 5.81. The summed E-state index contributed by atoms with van der Waals surface area (Å²) >= 11 is 0. The van der Waals surface area contributed by atoms with Crippen LogP contribution in [0.25, 0.3) is 0 Å². The zero-order valence-corrected chi connectivity index (χ0v) is 10.3. The lowest BCUT2D eigenvalue weighted by Gasteiger charge is -2.11. The molecule has 1 nitrogen and oxygen atoms in total. The summed E-state index contributed by atoms with van der Waals surface area (Å²) < 4.78 is 0. The Morgan fingerprint density at radius 3 is 1.58 bits per heavy atom. The first-order valence-corrected chi connectivity index (χ1v) is 5.49. The molecule has 0 aliphatic heterocycles. The molecule has 0 aromatic carbocycles. The highest BCUT2D eigenvalue weighted by Gasteiger charge is 1.89. The second-order valence-corrected chi connectivity index (χ2v) is 2.25. The van der Waals surface area contributed by atoms with E-state index in [0.717, 1.165) is 0 Å². The van der Waals surface area contributed by atoms with Gasteiger partial charge in [-0.3, -0.25) is 0 Å². The van der Waals surface area contributed by atoms with Crippen LogP contribution in [0.1, 0.15) is 54.4 Å². The van der Waals surface area contributed by atoms with E-state index < -0.39 is 0 Å². The molecule has 0 bridgehead atoms. The second kappa shape index (κ2) is 22.4. The summed E-state index contributed by atoms with van der Waals surface area (Å²) in [6.45, 7) is 14.9. The van der Waals surface area contributed by atoms with Gasteiger partial charge < -0.3 is 4.90 Å². The number of hydrogen-bond acceptors (Lipinski definition) is 1. The Balaban J connectivity index is -0.000000175. The first-order valence-electron chi connectivity index (χ1n) is 5.49. The minimum absolute atomic E-state index is 1.18. The molecule has 0 N–H and O–H groups in total. The number of unbranched alkanes of at least 4 members (excludes halogenated alkanes) is 1. The molecule has 0 rings (SSSR count). The van der Waals surface area contributed by atoms with Crippen molar-refractivity contribution in [2.45, 2.75) is 54.4 Å². The molecule has 0 radical (unpaired) electrons. The summed E-state index contributed by atoms with van der Waals surface area (Å²) in [7, 11) is 2.16. The molecule has 0 aromatic heterocycles. The summed E-state index contributed by atoms with van der Waals surface area (Å²) in [6, 6.07) is 0. The highest BCUT2D eigenvalue weighted by Crippen LogP contribution is 1.89. The van der Waals surface area contributed by atoms with E-state index in [0.29, 0.717) is 0 Å². The van der Waals surface area contributed by atoms with Crippen LogP contribution in [0.5, 0.6) is 0 Å². The fourth-order valence-corrected chi connectivity index (χ4v) is 0.586. The summed E-state index contributed by atoms with van der Waals surface area (Å²) in [5.74, 6) is 0. The molecular weight excluding hydrogens is 146 g/mol. The van der Waals surface area contributed by atoms with Gasteiger partial charge in [-0.15, -0.1) is 0 Å². The molecule has 0 spiro atoms. The van der Waals surface area contributed by atoms with Crippen molar-refractivity contribution < 1.29 is 0 Å². The van der Waals surface area contributed by atoms with Crippen LogP contribution >= 0.6 is 0 Å². The zero-order chi connectivity index (χ0) is 10.4. The summed E-state index contributed by atoms with van der Waals surface area (Å²) in [5.41, 5.74) is 0. The number of rotatable bonds is 4. The number of nitrogens with zero attached hydrogens (tertiary/aromatic N) is 1. The minimum atomic E-state index is 1.18. The van der Waals surface area contributed by atoms with E-state index in [4.69, 9.17) is 0 Å². The zero-order valence-electron chi connectivity index (χ0n) is 10.3. The third-order valence-electron chi connectivity index (χ3n) is 1.43. The predicted octanol–water partition coefficient (Wildman–Crippen LogP) is 3.79. The van der Waals surface area contributed by atoms with Crippen LogP contribution in [0.2, 0.25) is 0 Å². The van der Waals surface area contributed by atoms with E-state index in [1.807, 2.05) is 27.7 Å². The molecule has 0 atom stereocenters. The summed E-state index contributed by atoms with van der Waals surface area (Å²) in [6.07, 6.45) is 2.65. The van der Waals surface area contributed by atoms with Crippen LogP contribution < -0.4 is 0 Å². The van der Waals surface area contributed by atoms with Gasteiger partial charge >= 0.3 is 0 Å². The molecule has 0 unspecified atom stereocenters. The van der Waals surface area contributed by atoms with Gasteiger partial charge in [0.1, 0.15) is 0 Å². The fourth-order valence-electron chi connectivity index (χ4n) is 0.586. The summed E-state index contributed by atoms with van der Waals surface area (Å²) in [4.78, 5) is 2.34. The largest absolute Gasteiger partial charge is 0.307 e. The van der Waals surface area contributed by atoms with Crippen LogP contribution in [0.4, 0.5) is 0 Å². The van der Waals surface area contributed by atoms with Crippen LogP contribution in [-0.4, -0.2) is 25.0 Å². The molecule has 0 saturated heterocycles. The Morgan fingerprint density at radius 1 is 0.917 bits per heavy atom. The Labute approximate surface area is 80.2 Å². The molecule has 78 valence electrons. The molecule has 0 fully saturated rings. The molecule has 0 heterocycles. The van der Waals surface area contributed by atoms with Gasteiger partial charge in [-0.25, -0.2) is 0 Å². The predicted molar refractivity (Wildman–Crippen MR) is 60.8 cm³/mol. The van der Waals surface area contributed by atoms with Crippen LogP contribution in [-0.2, 0) is 0 Å². The molecule has 0 aromatic rings. The van der Waals surface area contributed by atoms with E-state index in [-0.39, 0.29) is 0 Å². The second-order valence-electron chi connectivity index (χ2n) is 2.25. The van der Waals surface area contributed by atoms with Gasteiger partial charge in [0, 0.05) is 0 Å². The van der Waals surface area contributed by atoms with Crippen LogP contribution in [0.3, 0.4) is 0 Å². The van der Waals surface area contributed by atoms with Crippen molar-refractivity contribution in [1.29, 1.82) is 0 Å². The standard InChI is InChI=1S/C7H17N.2C2H6/c1-4-6-7-8(3)5-2;2*1-2/h4-7H2,1-3H3;2*1-2H3. The van der Waals surface area contributed by atoms with Gasteiger partial charge in [0.2, 0.25) is 0 Å². The molecule has 12 heavy (non-hydrogen) atoms. The van der Waals surface area contributed by atoms with E-state index in [2.05, 4.69) is 25.8 Å². The lowest BCUT2D eigenvalue weighted by Crippen LogP contribution is -2.18. The monoisotopic (exact) mass is 175 g/mol. The molecule has 0 aliphatic rings. The molecule has 0 aliphatic carbocycles. The maximum absolute atomic E-state index is 2.34. The van der Waals surface area contributed by atoms with Gasteiger partial charge in [-0.2, -0.15) is 0 Å². The quantitative estimate of drug-likeness (QED) is 0.628. The van der Waals surface area contributed by atoms with Crippen molar-refractivity contribution in [3.8, 4) is 0 Å². The van der Waals surface area contributed by atoms with Crippen molar-refractivity contribution in [2.75, 3.05) is 20.1 Å². The summed E-state index contributed by atoms with van der Waals surface area (Å²) in [5, 5.41) is 0. The van der Waals surface area contributed by atoms with Crippen molar-refractivity contribution in [1.82, 2.24) is 4.90 Å². The highest BCUT2D eigenvalue weighted by atomic mass is 15.1. The Hall–Kier alpha value is -0.0400. The van der Waals surface area contributed by atoms with Crippen molar-refractivity contribution >= 4 is 0 Å². The average molecular weight is 175 g/mol. The van der Waals surface area contributed by atoms with Gasteiger partial charge in [0.05, 0.1) is 0 Å². The Bertz CT molecular complexity index is 44.3. The van der Waals surface area contributed by atoms with Gasteiger partial charge in [-0.1, -0.05) is 48.0 Å². The SMILES string of the molecule is CC.CC.CCCCN(C)CC. The Kier molecular flexibility index (Phi) is 33.5. The fraction of sp³-hybridized carbons (Fsp3) is 1.00. The number of hydrogen-bond donors (Lipinski definition) is 0. The lowest BCUT2D eigenvalue weighted by molar-refractivity contribution is 0.346. The van der Waals surface area contributed by atoms with Crippen molar-refractivity contribution in [3.63, 3.8) is 0 Å². The van der Waals surface area contributed by atoms with Gasteiger partial charge in [0.15, 0.2) is 0 Å². The van der Waals surface area contributed by atoms with Crippen LogP contribution in [0.15, 0.2) is 0 Å². The molecule has 1 heteroatoms. The topological polar surface area (TPSA) is 3.24 Å². The maximum Gasteiger partial charge on any atom is -0.00220 e. The minimum Gasteiger partial charge on any atom is -0.307 e. The van der Waals surface area contributed by atoms with E-state index in [1.165, 1.54) is 25.9 Å². The molecule has 0 amide bonds. The van der Waals surface area contributed by atoms with Crippen molar-refractivity contribution in [2.24, 2.45) is 0 Å². The Morgan fingerprint density at radius 2 is 1.33 bits per heavy atom. The third-order valence-corrected chi connectivity index (χ3v) is 1.43. The highest BCUT2D eigenvalue weighted by molar-refractivity contribution is 4.44. The van der Waals surface area contributed by atoms with Gasteiger partial charge in [0.25, 0.3) is 0 Å². The van der Waals surface area contributed by atoms with E-state index >= 15 is 0 Å². The third kappa shape index (κ3) is 22.5. The molecule has 0 saturated carbocycles. The van der Waals surface area contributed by atoms with E-state index in [1.54, 1.807) is 0 Å². The van der Waals surface area contributed by atoms with E-state index in [9.17, 15) is 0 Å². The van der Waals surface area contributed by atoms with Crippen molar-refractivity contribution in [3.05, 3.63) is 0 Å². The molecular formula is C11H29N. The van der Waals surface area contributed by atoms with Gasteiger partial charge in [-0.05, 0) is 26.6 Å². The normalized spacial score (nSPS) is 8.00.